The Kier molecular flexibility index (Phi) is 3.35. The van der Waals surface area contributed by atoms with E-state index in [1.165, 1.54) is 0 Å². The molecule has 0 atom stereocenters. The lowest BCUT2D eigenvalue weighted by Crippen LogP contribution is -2.22. The number of rotatable bonds is 3. The van der Waals surface area contributed by atoms with Crippen molar-refractivity contribution in [3.8, 4) is 0 Å². The molecule has 0 saturated heterocycles. The summed E-state index contributed by atoms with van der Waals surface area (Å²) in [7, 11) is 0. The molecule has 4 nitrogen and oxygen atoms in total. The molecule has 114 valence electrons. The zero-order chi connectivity index (χ0) is 15.8. The summed E-state index contributed by atoms with van der Waals surface area (Å²) in [6.45, 7) is 2.54. The fourth-order valence-electron chi connectivity index (χ4n) is 2.67. The van der Waals surface area contributed by atoms with Gasteiger partial charge in [0.25, 0.3) is 5.91 Å². The van der Waals surface area contributed by atoms with Gasteiger partial charge in [0.15, 0.2) is 0 Å². The van der Waals surface area contributed by atoms with Gasteiger partial charge in [-0.25, -0.2) is 4.98 Å². The van der Waals surface area contributed by atoms with Crippen LogP contribution in [0, 0.1) is 6.92 Å². The van der Waals surface area contributed by atoms with Gasteiger partial charge in [-0.2, -0.15) is 0 Å². The highest BCUT2D eigenvalue weighted by Crippen LogP contribution is 2.24. The molecule has 2 N–H and O–H groups in total. The second-order valence-corrected chi connectivity index (χ2v) is 6.54. The Labute approximate surface area is 137 Å². The standard InChI is InChI=1S/C18H15N3OS/c1-11-4-5-12-6-7-13-9-15(21-17(13)16(12)20-11)18(22)19-10-14-3-2-8-23-14/h2-9,20H,10H2,1H3,(H,19,22). The SMILES string of the molecule is Cc1ccc2ccc3cc(C(=O)NCc4cccs4)nc3c2[nH]1. The van der Waals surface area contributed by atoms with Gasteiger partial charge in [0.2, 0.25) is 0 Å². The zero-order valence-corrected chi connectivity index (χ0v) is 13.4. The van der Waals surface area contributed by atoms with Crippen LogP contribution >= 0.6 is 11.3 Å². The first kappa shape index (κ1) is 14.0. The summed E-state index contributed by atoms with van der Waals surface area (Å²) < 4.78 is 0. The van der Waals surface area contributed by atoms with Crippen LogP contribution in [0.25, 0.3) is 21.8 Å². The number of H-pyrrole nitrogens is 1. The number of fused-ring (bicyclic) bond motifs is 3. The van der Waals surface area contributed by atoms with E-state index in [4.69, 9.17) is 0 Å². The molecule has 23 heavy (non-hydrogen) atoms. The normalized spacial score (nSPS) is 11.2. The van der Waals surface area contributed by atoms with Gasteiger partial charge in [0.05, 0.1) is 17.6 Å². The van der Waals surface area contributed by atoms with Gasteiger partial charge in [-0.3, -0.25) is 4.79 Å². The quantitative estimate of drug-likeness (QED) is 0.599. The Morgan fingerprint density at radius 2 is 2.04 bits per heavy atom. The number of thiophene rings is 1. The zero-order valence-electron chi connectivity index (χ0n) is 12.6. The topological polar surface area (TPSA) is 57.8 Å². The number of aromatic nitrogens is 2. The number of benzene rings is 1. The average molecular weight is 321 g/mol. The number of nitrogens with one attached hydrogen (secondary N) is 2. The third kappa shape index (κ3) is 2.59. The number of nitrogens with zero attached hydrogens (tertiary/aromatic N) is 1. The molecule has 0 aliphatic rings. The fraction of sp³-hybridized carbons (Fsp3) is 0.111. The molecule has 0 unspecified atom stereocenters. The van der Waals surface area contributed by atoms with Gasteiger partial charge in [0, 0.05) is 21.3 Å². The van der Waals surface area contributed by atoms with Crippen molar-refractivity contribution in [2.24, 2.45) is 0 Å². The molecular formula is C18H15N3OS. The summed E-state index contributed by atoms with van der Waals surface area (Å²) in [5.41, 5.74) is 3.34. The number of hydrogen-bond donors (Lipinski definition) is 2. The highest BCUT2D eigenvalue weighted by atomic mass is 32.1. The summed E-state index contributed by atoms with van der Waals surface area (Å²) in [6.07, 6.45) is 0. The van der Waals surface area contributed by atoms with E-state index in [1.807, 2.05) is 48.7 Å². The lowest BCUT2D eigenvalue weighted by Gasteiger charge is -2.01. The summed E-state index contributed by atoms with van der Waals surface area (Å²) in [5, 5.41) is 6.98. The van der Waals surface area contributed by atoms with E-state index in [2.05, 4.69) is 21.4 Å². The molecule has 0 fully saturated rings. The monoisotopic (exact) mass is 321 g/mol. The number of carbonyl (C=O) groups is 1. The minimum Gasteiger partial charge on any atom is -0.357 e. The minimum atomic E-state index is -0.143. The van der Waals surface area contributed by atoms with E-state index in [9.17, 15) is 4.79 Å². The molecule has 4 rings (SSSR count). The largest absolute Gasteiger partial charge is 0.357 e. The summed E-state index contributed by atoms with van der Waals surface area (Å²) in [6, 6.07) is 14.0. The molecule has 0 radical (unpaired) electrons. The van der Waals surface area contributed by atoms with Gasteiger partial charge >= 0.3 is 0 Å². The maximum atomic E-state index is 12.3. The fourth-order valence-corrected chi connectivity index (χ4v) is 3.32. The Morgan fingerprint density at radius 3 is 2.87 bits per heavy atom. The summed E-state index contributed by atoms with van der Waals surface area (Å²) in [5.74, 6) is -0.143. The number of hydrogen-bond acceptors (Lipinski definition) is 3. The van der Waals surface area contributed by atoms with Gasteiger partial charge in [-0.15, -0.1) is 11.3 Å². The Balaban J connectivity index is 1.69. The van der Waals surface area contributed by atoms with Crippen LogP contribution in [0.2, 0.25) is 0 Å². The van der Waals surface area contributed by atoms with Crippen molar-refractivity contribution < 1.29 is 4.79 Å². The van der Waals surface area contributed by atoms with Crippen LogP contribution in [0.3, 0.4) is 0 Å². The van der Waals surface area contributed by atoms with E-state index in [0.29, 0.717) is 12.2 Å². The predicted octanol–water partition coefficient (Wildman–Crippen LogP) is 4.02. The molecule has 0 bridgehead atoms. The average Bonchev–Trinajstić information content (AvgIpc) is 3.21. The lowest BCUT2D eigenvalue weighted by atomic mass is 10.1. The van der Waals surface area contributed by atoms with E-state index in [-0.39, 0.29) is 5.91 Å². The minimum absolute atomic E-state index is 0.143. The van der Waals surface area contributed by atoms with Crippen molar-refractivity contribution in [2.75, 3.05) is 0 Å². The lowest BCUT2D eigenvalue weighted by molar-refractivity contribution is 0.0947. The number of pyridine rings is 1. The Morgan fingerprint density at radius 1 is 1.22 bits per heavy atom. The van der Waals surface area contributed by atoms with Crippen molar-refractivity contribution in [2.45, 2.75) is 13.5 Å². The van der Waals surface area contributed by atoms with Gasteiger partial charge in [-0.05, 0) is 30.5 Å². The van der Waals surface area contributed by atoms with Gasteiger partial charge < -0.3 is 10.3 Å². The van der Waals surface area contributed by atoms with Crippen LogP contribution < -0.4 is 5.32 Å². The number of aromatic amines is 1. The van der Waals surface area contributed by atoms with Crippen molar-refractivity contribution in [1.29, 1.82) is 0 Å². The second-order valence-electron chi connectivity index (χ2n) is 5.51. The second kappa shape index (κ2) is 5.52. The van der Waals surface area contributed by atoms with Crippen LogP contribution in [0.15, 0.2) is 47.8 Å². The molecule has 0 spiro atoms. The molecule has 1 aromatic carbocycles. The highest BCUT2D eigenvalue weighted by Gasteiger charge is 2.13. The maximum Gasteiger partial charge on any atom is 0.270 e. The number of carbonyl (C=O) groups excluding carboxylic acids is 1. The van der Waals surface area contributed by atoms with Crippen LogP contribution in [-0.2, 0) is 6.54 Å². The van der Waals surface area contributed by atoms with Gasteiger partial charge in [-0.1, -0.05) is 24.3 Å². The van der Waals surface area contributed by atoms with Crippen molar-refractivity contribution in [1.82, 2.24) is 15.3 Å². The Hall–Kier alpha value is -2.66. The molecule has 5 heteroatoms. The van der Waals surface area contributed by atoms with Crippen LogP contribution in [-0.4, -0.2) is 15.9 Å². The van der Waals surface area contributed by atoms with E-state index < -0.39 is 0 Å². The molecule has 4 aromatic rings. The van der Waals surface area contributed by atoms with Gasteiger partial charge in [0.1, 0.15) is 5.69 Å². The molecule has 0 saturated carbocycles. The third-order valence-electron chi connectivity index (χ3n) is 3.84. The predicted molar refractivity (Wildman–Crippen MR) is 93.8 cm³/mol. The molecule has 0 aliphatic carbocycles. The number of amides is 1. The molecule has 0 aliphatic heterocycles. The maximum absolute atomic E-state index is 12.3. The number of aryl methyl sites for hydroxylation is 1. The molecule has 1 amide bonds. The smallest absolute Gasteiger partial charge is 0.270 e. The molecule has 3 heterocycles. The van der Waals surface area contributed by atoms with Crippen LogP contribution in [0.5, 0.6) is 0 Å². The molecule has 3 aromatic heterocycles. The van der Waals surface area contributed by atoms with Crippen LogP contribution in [0.1, 0.15) is 21.1 Å². The summed E-state index contributed by atoms with van der Waals surface area (Å²) >= 11 is 1.63. The first-order valence-corrected chi connectivity index (χ1v) is 8.28. The summed E-state index contributed by atoms with van der Waals surface area (Å²) in [4.78, 5) is 21.4. The van der Waals surface area contributed by atoms with Crippen LogP contribution in [0.4, 0.5) is 0 Å². The van der Waals surface area contributed by atoms with Crippen molar-refractivity contribution in [3.63, 3.8) is 0 Å². The van der Waals surface area contributed by atoms with E-state index >= 15 is 0 Å². The Bertz CT molecular complexity index is 1000. The molecular weight excluding hydrogens is 306 g/mol. The van der Waals surface area contributed by atoms with Crippen molar-refractivity contribution in [3.05, 3.63) is 64.1 Å². The van der Waals surface area contributed by atoms with E-state index in [0.717, 1.165) is 32.4 Å². The first-order chi connectivity index (χ1) is 11.2. The first-order valence-electron chi connectivity index (χ1n) is 7.40. The third-order valence-corrected chi connectivity index (χ3v) is 4.71. The van der Waals surface area contributed by atoms with E-state index in [1.54, 1.807) is 11.3 Å². The highest BCUT2D eigenvalue weighted by molar-refractivity contribution is 7.09. The van der Waals surface area contributed by atoms with Crippen molar-refractivity contribution >= 4 is 39.0 Å².